The van der Waals surface area contributed by atoms with Crippen LogP contribution in [-0.4, -0.2) is 31.4 Å². The summed E-state index contributed by atoms with van der Waals surface area (Å²) in [5.41, 5.74) is 5.89. The average molecular weight is 235 g/mol. The van der Waals surface area contributed by atoms with E-state index in [1.54, 1.807) is 0 Å². The van der Waals surface area contributed by atoms with Crippen molar-refractivity contribution >= 4 is 17.5 Å². The number of anilines is 1. The molecule has 0 heterocycles. The number of carbonyl (C=O) groups is 2. The molecule has 1 aromatic carbocycles. The molecule has 0 aliphatic carbocycles. The predicted octanol–water partition coefficient (Wildman–Crippen LogP) is 0.113. The molecular formula is C12H17N3O2. The first kappa shape index (κ1) is 13.0. The van der Waals surface area contributed by atoms with Crippen molar-refractivity contribution in [2.24, 2.45) is 5.73 Å². The second kappa shape index (κ2) is 5.89. The van der Waals surface area contributed by atoms with Crippen molar-refractivity contribution < 1.29 is 9.59 Å². The Morgan fingerprint density at radius 3 is 2.47 bits per heavy atom. The summed E-state index contributed by atoms with van der Waals surface area (Å²) in [6.07, 6.45) is 0. The number of nitrogens with two attached hydrogens (primary N) is 1. The lowest BCUT2D eigenvalue weighted by atomic mass is 10.2. The standard InChI is InChI=1S/C12H17N3O2/c1-9(8-14-12(17)11(13)16)15(2)10-6-4-3-5-7-10/h3-7,9H,8H2,1-2H3,(H2,13,16)(H,14,17). The van der Waals surface area contributed by atoms with Crippen LogP contribution in [0.5, 0.6) is 0 Å². The summed E-state index contributed by atoms with van der Waals surface area (Å²) in [7, 11) is 1.93. The van der Waals surface area contributed by atoms with E-state index in [2.05, 4.69) is 5.32 Å². The van der Waals surface area contributed by atoms with Gasteiger partial charge in [0.1, 0.15) is 0 Å². The molecule has 0 radical (unpaired) electrons. The number of nitrogens with one attached hydrogen (secondary N) is 1. The van der Waals surface area contributed by atoms with E-state index < -0.39 is 11.8 Å². The lowest BCUT2D eigenvalue weighted by Gasteiger charge is -2.27. The number of primary amides is 1. The van der Waals surface area contributed by atoms with Gasteiger partial charge in [-0.1, -0.05) is 18.2 Å². The van der Waals surface area contributed by atoms with Crippen LogP contribution >= 0.6 is 0 Å². The molecule has 0 fully saturated rings. The van der Waals surface area contributed by atoms with Gasteiger partial charge in [0.2, 0.25) is 0 Å². The summed E-state index contributed by atoms with van der Waals surface area (Å²) >= 11 is 0. The van der Waals surface area contributed by atoms with E-state index in [1.165, 1.54) is 0 Å². The molecule has 0 saturated carbocycles. The molecule has 1 atom stereocenters. The van der Waals surface area contributed by atoms with Crippen LogP contribution in [0.3, 0.4) is 0 Å². The highest BCUT2D eigenvalue weighted by Gasteiger charge is 2.13. The number of para-hydroxylation sites is 1. The smallest absolute Gasteiger partial charge is 0.309 e. The minimum Gasteiger partial charge on any atom is -0.370 e. The fourth-order valence-corrected chi connectivity index (χ4v) is 1.38. The van der Waals surface area contributed by atoms with Gasteiger partial charge < -0.3 is 16.0 Å². The number of hydrogen-bond acceptors (Lipinski definition) is 3. The van der Waals surface area contributed by atoms with Crippen LogP contribution < -0.4 is 16.0 Å². The molecule has 0 aliphatic heterocycles. The van der Waals surface area contributed by atoms with Crippen LogP contribution in [0.15, 0.2) is 30.3 Å². The number of benzene rings is 1. The number of carbonyl (C=O) groups excluding carboxylic acids is 2. The largest absolute Gasteiger partial charge is 0.370 e. The van der Waals surface area contributed by atoms with Gasteiger partial charge >= 0.3 is 11.8 Å². The van der Waals surface area contributed by atoms with E-state index in [0.717, 1.165) is 5.69 Å². The topological polar surface area (TPSA) is 75.4 Å². The highest BCUT2D eigenvalue weighted by molar-refractivity contribution is 6.34. The fourth-order valence-electron chi connectivity index (χ4n) is 1.38. The van der Waals surface area contributed by atoms with Gasteiger partial charge in [-0.25, -0.2) is 0 Å². The van der Waals surface area contributed by atoms with Gasteiger partial charge in [-0.3, -0.25) is 9.59 Å². The number of rotatable bonds is 4. The zero-order chi connectivity index (χ0) is 12.8. The molecule has 1 unspecified atom stereocenters. The zero-order valence-electron chi connectivity index (χ0n) is 10.0. The van der Waals surface area contributed by atoms with Gasteiger partial charge in [0, 0.05) is 25.3 Å². The Balaban J connectivity index is 2.51. The maximum absolute atomic E-state index is 11.0. The molecule has 0 aromatic heterocycles. The summed E-state index contributed by atoms with van der Waals surface area (Å²) < 4.78 is 0. The van der Waals surface area contributed by atoms with Crippen molar-refractivity contribution in [1.29, 1.82) is 0 Å². The molecule has 0 bridgehead atoms. The van der Waals surface area contributed by atoms with E-state index in [0.29, 0.717) is 6.54 Å². The van der Waals surface area contributed by atoms with Gasteiger partial charge in [-0.15, -0.1) is 0 Å². The van der Waals surface area contributed by atoms with E-state index in [4.69, 9.17) is 5.73 Å². The predicted molar refractivity (Wildman–Crippen MR) is 66.5 cm³/mol. The summed E-state index contributed by atoms with van der Waals surface area (Å²) in [4.78, 5) is 23.6. The molecular weight excluding hydrogens is 218 g/mol. The summed E-state index contributed by atoms with van der Waals surface area (Å²) in [5, 5.41) is 2.48. The maximum Gasteiger partial charge on any atom is 0.309 e. The maximum atomic E-state index is 11.0. The Bertz CT molecular complexity index is 392. The van der Waals surface area contributed by atoms with Crippen LogP contribution in [0.25, 0.3) is 0 Å². The zero-order valence-corrected chi connectivity index (χ0v) is 10.0. The Morgan fingerprint density at radius 1 is 1.35 bits per heavy atom. The van der Waals surface area contributed by atoms with Crippen molar-refractivity contribution in [3.8, 4) is 0 Å². The van der Waals surface area contributed by atoms with Gasteiger partial charge in [-0.2, -0.15) is 0 Å². The highest BCUT2D eigenvalue weighted by atomic mass is 16.2. The van der Waals surface area contributed by atoms with Crippen LogP contribution in [-0.2, 0) is 9.59 Å². The minimum atomic E-state index is -0.959. The fraction of sp³-hybridized carbons (Fsp3) is 0.333. The van der Waals surface area contributed by atoms with Crippen LogP contribution in [0.1, 0.15) is 6.92 Å². The third-order valence-electron chi connectivity index (χ3n) is 2.61. The number of hydrogen-bond donors (Lipinski definition) is 2. The Kier molecular flexibility index (Phi) is 4.51. The summed E-state index contributed by atoms with van der Waals surface area (Å²) in [6, 6.07) is 9.86. The monoisotopic (exact) mass is 235 g/mol. The number of likely N-dealkylation sites (N-methyl/N-ethyl adjacent to an activating group) is 1. The third-order valence-corrected chi connectivity index (χ3v) is 2.61. The molecule has 1 aromatic rings. The van der Waals surface area contributed by atoms with Crippen molar-refractivity contribution in [2.45, 2.75) is 13.0 Å². The van der Waals surface area contributed by atoms with Crippen LogP contribution in [0.4, 0.5) is 5.69 Å². The first-order valence-electron chi connectivity index (χ1n) is 5.38. The SMILES string of the molecule is CC(CNC(=O)C(N)=O)N(C)c1ccccc1. The lowest BCUT2D eigenvalue weighted by Crippen LogP contribution is -2.44. The summed E-state index contributed by atoms with van der Waals surface area (Å²) in [5.74, 6) is -1.71. The quantitative estimate of drug-likeness (QED) is 0.727. The number of nitrogens with zero attached hydrogens (tertiary/aromatic N) is 1. The Labute approximate surface area is 101 Å². The Hall–Kier alpha value is -2.04. The van der Waals surface area contributed by atoms with E-state index >= 15 is 0 Å². The van der Waals surface area contributed by atoms with Crippen molar-refractivity contribution in [2.75, 3.05) is 18.5 Å². The normalized spacial score (nSPS) is 11.6. The second-order valence-electron chi connectivity index (χ2n) is 3.87. The lowest BCUT2D eigenvalue weighted by molar-refractivity contribution is -0.137. The molecule has 92 valence electrons. The van der Waals surface area contributed by atoms with Crippen molar-refractivity contribution in [3.63, 3.8) is 0 Å². The molecule has 17 heavy (non-hydrogen) atoms. The summed E-state index contributed by atoms with van der Waals surface area (Å²) in [6.45, 7) is 2.32. The van der Waals surface area contributed by atoms with Crippen molar-refractivity contribution in [3.05, 3.63) is 30.3 Å². The highest BCUT2D eigenvalue weighted by Crippen LogP contribution is 2.13. The third kappa shape index (κ3) is 3.79. The molecule has 3 N–H and O–H groups in total. The van der Waals surface area contributed by atoms with Crippen molar-refractivity contribution in [1.82, 2.24) is 5.32 Å². The van der Waals surface area contributed by atoms with E-state index in [-0.39, 0.29) is 6.04 Å². The number of amides is 2. The molecule has 1 rings (SSSR count). The molecule has 0 aliphatic rings. The molecule has 0 saturated heterocycles. The molecule has 5 nitrogen and oxygen atoms in total. The molecule has 5 heteroatoms. The van der Waals surface area contributed by atoms with Gasteiger partial charge in [0.05, 0.1) is 0 Å². The minimum absolute atomic E-state index is 0.0701. The van der Waals surface area contributed by atoms with Gasteiger partial charge in [-0.05, 0) is 19.1 Å². The van der Waals surface area contributed by atoms with Gasteiger partial charge in [0.25, 0.3) is 0 Å². The average Bonchev–Trinajstić information content (AvgIpc) is 2.35. The van der Waals surface area contributed by atoms with Crippen LogP contribution in [0.2, 0.25) is 0 Å². The first-order chi connectivity index (χ1) is 8.02. The first-order valence-corrected chi connectivity index (χ1v) is 5.38. The van der Waals surface area contributed by atoms with Crippen LogP contribution in [0, 0.1) is 0 Å². The van der Waals surface area contributed by atoms with E-state index in [9.17, 15) is 9.59 Å². The Morgan fingerprint density at radius 2 is 1.94 bits per heavy atom. The van der Waals surface area contributed by atoms with E-state index in [1.807, 2.05) is 49.2 Å². The molecule has 2 amide bonds. The molecule has 0 spiro atoms. The van der Waals surface area contributed by atoms with Gasteiger partial charge in [0.15, 0.2) is 0 Å². The second-order valence-corrected chi connectivity index (χ2v) is 3.87.